The number of benzene rings is 2. The van der Waals surface area contributed by atoms with Crippen molar-refractivity contribution in [1.82, 2.24) is 9.97 Å². The molecule has 3 N–H and O–H groups in total. The third kappa shape index (κ3) is 6.56. The summed E-state index contributed by atoms with van der Waals surface area (Å²) in [7, 11) is -4.84. The van der Waals surface area contributed by atoms with Gasteiger partial charge in [-0.25, -0.2) is 18.2 Å². The van der Waals surface area contributed by atoms with E-state index in [0.717, 1.165) is 42.0 Å². The van der Waals surface area contributed by atoms with Gasteiger partial charge in [0, 0.05) is 23.5 Å². The number of carbonyl (C=O) groups excluding carboxylic acids is 1. The maximum absolute atomic E-state index is 15.1. The van der Waals surface area contributed by atoms with E-state index in [9.17, 15) is 30.8 Å². The van der Waals surface area contributed by atoms with Crippen LogP contribution in [0.4, 0.5) is 32.2 Å². The number of halogens is 6. The Labute approximate surface area is 260 Å². The van der Waals surface area contributed by atoms with Crippen LogP contribution in [0.5, 0.6) is 0 Å². The van der Waals surface area contributed by atoms with Crippen LogP contribution < -0.4 is 11.1 Å². The molecular formula is C31H28F6N5O3S+. The van der Waals surface area contributed by atoms with Crippen molar-refractivity contribution >= 4 is 21.7 Å². The zero-order valence-electron chi connectivity index (χ0n) is 24.2. The topological polar surface area (TPSA) is 115 Å². The first-order valence-electron chi connectivity index (χ1n) is 13.9. The van der Waals surface area contributed by atoms with E-state index in [1.165, 1.54) is 24.3 Å². The molecule has 2 aromatic heterocycles. The zero-order chi connectivity index (χ0) is 33.5. The molecule has 15 heteroatoms. The third-order valence-corrected chi connectivity index (χ3v) is 10.2. The molecule has 1 aliphatic heterocycles. The van der Waals surface area contributed by atoms with Crippen molar-refractivity contribution in [1.29, 1.82) is 0 Å². The molecule has 0 bridgehead atoms. The highest BCUT2D eigenvalue weighted by atomic mass is 32.2. The predicted octanol–water partition coefficient (Wildman–Crippen LogP) is 6.07. The van der Waals surface area contributed by atoms with Crippen LogP contribution in [0.2, 0.25) is 0 Å². The molecule has 8 nitrogen and oxygen atoms in total. The van der Waals surface area contributed by atoms with E-state index >= 15 is 8.78 Å². The van der Waals surface area contributed by atoms with Gasteiger partial charge in [-0.05, 0) is 67.1 Å². The minimum Gasteiger partial charge on any atom is -0.364 e. The number of quaternary nitrogens is 1. The summed E-state index contributed by atoms with van der Waals surface area (Å²) in [5, 5.41) is 3.14. The number of nitrogens with two attached hydrogens (primary N) is 1. The minimum absolute atomic E-state index is 0.103. The number of hydrogen-bond donors (Lipinski definition) is 2. The quantitative estimate of drug-likeness (QED) is 0.166. The van der Waals surface area contributed by atoms with Gasteiger partial charge in [-0.2, -0.15) is 25.5 Å². The molecule has 0 saturated carbocycles. The van der Waals surface area contributed by atoms with Gasteiger partial charge in [0.1, 0.15) is 23.1 Å². The molecule has 0 radical (unpaired) electrons. The summed E-state index contributed by atoms with van der Waals surface area (Å²) in [5.74, 6) is -5.52. The third-order valence-electron chi connectivity index (χ3n) is 7.87. The van der Waals surface area contributed by atoms with Gasteiger partial charge in [-0.1, -0.05) is 18.2 Å². The van der Waals surface area contributed by atoms with Crippen molar-refractivity contribution in [3.8, 4) is 11.3 Å². The van der Waals surface area contributed by atoms with Crippen molar-refractivity contribution in [2.75, 3.05) is 11.9 Å². The smallest absolute Gasteiger partial charge is 0.364 e. The minimum atomic E-state index is -4.84. The molecule has 0 spiro atoms. The van der Waals surface area contributed by atoms with Gasteiger partial charge in [0.25, 0.3) is 5.91 Å². The fourth-order valence-corrected chi connectivity index (χ4v) is 7.74. The van der Waals surface area contributed by atoms with Crippen LogP contribution >= 0.6 is 0 Å². The molecule has 46 heavy (non-hydrogen) atoms. The molecule has 5 rings (SSSR count). The maximum atomic E-state index is 15.1. The summed E-state index contributed by atoms with van der Waals surface area (Å²) < 4.78 is 111. The number of carbonyl (C=O) groups is 1. The average Bonchev–Trinajstić information content (AvgIpc) is 3.29. The molecule has 1 fully saturated rings. The second kappa shape index (κ2) is 12.0. The molecule has 3 atom stereocenters. The Morgan fingerprint density at radius 2 is 1.76 bits per heavy atom. The number of anilines is 1. The highest BCUT2D eigenvalue weighted by Gasteiger charge is 2.65. The second-order valence-electron chi connectivity index (χ2n) is 11.1. The van der Waals surface area contributed by atoms with Crippen molar-refractivity contribution in [3.63, 3.8) is 0 Å². The SMILES string of the molecule is CC(Nc1cc(C[N+]2(S(=O)(=O)c3ccc(F)cc3)CC(F)(F)C[C@H]2C(N)=O)cc(-c2ccc(C(F)(F)F)cc2)n1)c1cccnc1. The van der Waals surface area contributed by atoms with E-state index in [-0.39, 0.29) is 22.6 Å². The number of pyridine rings is 2. The van der Waals surface area contributed by atoms with Gasteiger partial charge in [-0.3, -0.25) is 9.78 Å². The molecule has 1 aliphatic rings. The summed E-state index contributed by atoms with van der Waals surface area (Å²) in [6.07, 6.45) is -2.58. The number of rotatable bonds is 9. The lowest BCUT2D eigenvalue weighted by Crippen LogP contribution is -2.59. The summed E-state index contributed by atoms with van der Waals surface area (Å²) in [5.41, 5.74) is 5.81. The van der Waals surface area contributed by atoms with Crippen LogP contribution in [0.1, 0.15) is 36.1 Å². The van der Waals surface area contributed by atoms with E-state index in [1.807, 2.05) is 0 Å². The Balaban J connectivity index is 1.66. The van der Waals surface area contributed by atoms with Crippen molar-refractivity contribution in [2.45, 2.75) is 49.0 Å². The van der Waals surface area contributed by atoms with Crippen LogP contribution in [-0.4, -0.2) is 46.7 Å². The fourth-order valence-electron chi connectivity index (χ4n) is 5.64. The van der Waals surface area contributed by atoms with E-state index < -0.39 is 79.8 Å². The van der Waals surface area contributed by atoms with Crippen LogP contribution in [0.3, 0.4) is 0 Å². The number of sulfonamides is 1. The number of hydrogen-bond acceptors (Lipinski definition) is 6. The van der Waals surface area contributed by atoms with E-state index in [0.29, 0.717) is 0 Å². The van der Waals surface area contributed by atoms with Crippen LogP contribution in [-0.2, 0) is 27.5 Å². The van der Waals surface area contributed by atoms with Gasteiger partial charge in [-0.15, -0.1) is 0 Å². The summed E-state index contributed by atoms with van der Waals surface area (Å²) in [6.45, 7) is -0.234. The molecule has 1 amide bonds. The molecule has 242 valence electrons. The van der Waals surface area contributed by atoms with E-state index in [1.54, 1.807) is 31.5 Å². The first-order chi connectivity index (χ1) is 21.5. The predicted molar refractivity (Wildman–Crippen MR) is 156 cm³/mol. The van der Waals surface area contributed by atoms with Gasteiger partial charge in [0.15, 0.2) is 12.6 Å². The maximum Gasteiger partial charge on any atom is 0.416 e. The Bertz CT molecular complexity index is 1840. The fraction of sp³-hybridized carbons (Fsp3) is 0.258. The number of alkyl halides is 5. The summed E-state index contributed by atoms with van der Waals surface area (Å²) >= 11 is 0. The van der Waals surface area contributed by atoms with Gasteiger partial charge in [0.05, 0.1) is 23.7 Å². The Hall–Kier alpha value is -4.50. The highest BCUT2D eigenvalue weighted by molar-refractivity contribution is 7.86. The Morgan fingerprint density at radius 3 is 2.35 bits per heavy atom. The molecule has 3 heterocycles. The summed E-state index contributed by atoms with van der Waals surface area (Å²) in [6, 6.07) is 11.6. The number of amides is 1. The number of primary amides is 1. The molecular weight excluding hydrogens is 636 g/mol. The van der Waals surface area contributed by atoms with Gasteiger partial charge < -0.3 is 11.1 Å². The summed E-state index contributed by atoms with van der Waals surface area (Å²) in [4.78, 5) is 20.7. The van der Waals surface area contributed by atoms with Crippen molar-refractivity contribution in [2.24, 2.45) is 5.73 Å². The number of aromatic nitrogens is 2. The van der Waals surface area contributed by atoms with E-state index in [2.05, 4.69) is 15.3 Å². The average molecular weight is 665 g/mol. The highest BCUT2D eigenvalue weighted by Crippen LogP contribution is 2.45. The van der Waals surface area contributed by atoms with Crippen LogP contribution in [0, 0.1) is 5.82 Å². The van der Waals surface area contributed by atoms with Crippen LogP contribution in [0.25, 0.3) is 11.3 Å². The van der Waals surface area contributed by atoms with Gasteiger partial charge in [0.2, 0.25) is 0 Å². The Morgan fingerprint density at radius 1 is 1.09 bits per heavy atom. The largest absolute Gasteiger partial charge is 0.416 e. The Kier molecular flexibility index (Phi) is 8.59. The van der Waals surface area contributed by atoms with Crippen molar-refractivity contribution in [3.05, 3.63) is 108 Å². The number of nitrogens with zero attached hydrogens (tertiary/aromatic N) is 3. The molecule has 1 saturated heterocycles. The van der Waals surface area contributed by atoms with Gasteiger partial charge >= 0.3 is 22.1 Å². The van der Waals surface area contributed by atoms with Crippen molar-refractivity contribution < 1.29 is 43.4 Å². The number of nitrogens with one attached hydrogen (secondary N) is 1. The lowest BCUT2D eigenvalue weighted by Gasteiger charge is -2.36. The first-order valence-corrected chi connectivity index (χ1v) is 15.3. The number of likely N-dealkylation sites (tertiary alicyclic amines) is 1. The molecule has 0 aliphatic carbocycles. The molecule has 2 unspecified atom stereocenters. The second-order valence-corrected chi connectivity index (χ2v) is 13.3. The normalized spacial score (nSPS) is 20.3. The van der Waals surface area contributed by atoms with Crippen LogP contribution in [0.15, 0.2) is 90.1 Å². The lowest BCUT2D eigenvalue weighted by atomic mass is 10.1. The lowest BCUT2D eigenvalue weighted by molar-refractivity contribution is -0.827. The standard InChI is InChI=1S/C31H27F6N5O3S/c1-19(22-3-2-12-39-16-22)40-28-14-20(13-26(41-28)21-4-6-23(7-5-21)31(35,36)37)17-42(18-30(33,34)15-27(42)29(38)43)46(44,45)25-10-8-24(32)9-11-25/h2-14,16,19,27H,15,17-18H2,1H3,(H2-,38,40,41,43)/p+1/t19?,27-,42?/m0/s1. The first kappa shape index (κ1) is 32.9. The van der Waals surface area contributed by atoms with E-state index in [4.69, 9.17) is 5.73 Å². The molecule has 4 aromatic rings. The molecule has 2 aromatic carbocycles. The monoisotopic (exact) mass is 664 g/mol. The zero-order valence-corrected chi connectivity index (χ0v) is 25.0.